The second kappa shape index (κ2) is 8.53. The highest BCUT2D eigenvalue weighted by atomic mass is 32.2. The van der Waals surface area contributed by atoms with Gasteiger partial charge in [0, 0.05) is 17.8 Å². The van der Waals surface area contributed by atoms with Crippen LogP contribution in [0.2, 0.25) is 0 Å². The lowest BCUT2D eigenvalue weighted by atomic mass is 10.2. The second-order valence-electron chi connectivity index (χ2n) is 5.89. The first-order valence-corrected chi connectivity index (χ1v) is 11.2. The summed E-state index contributed by atoms with van der Waals surface area (Å²) >= 11 is 1.51. The maximum absolute atomic E-state index is 12.8. The van der Waals surface area contributed by atoms with Crippen molar-refractivity contribution in [3.63, 3.8) is 0 Å². The monoisotopic (exact) mass is 420 g/mol. The van der Waals surface area contributed by atoms with E-state index in [9.17, 15) is 13.2 Å². The molecule has 0 atom stereocenters. The van der Waals surface area contributed by atoms with E-state index < -0.39 is 10.0 Å². The number of nitrogens with zero attached hydrogens (tertiary/aromatic N) is 3. The van der Waals surface area contributed by atoms with Crippen LogP contribution < -0.4 is 4.72 Å². The van der Waals surface area contributed by atoms with Crippen molar-refractivity contribution in [2.75, 3.05) is 17.0 Å². The number of thiophene rings is 1. The number of hydrogen-bond acceptors (Lipinski definition) is 7. The van der Waals surface area contributed by atoms with E-state index >= 15 is 0 Å². The molecule has 0 fully saturated rings. The normalized spacial score (nSPS) is 11.4. The number of rotatable bonds is 8. The Kier molecular flexibility index (Phi) is 6.10. The highest BCUT2D eigenvalue weighted by Gasteiger charge is 2.19. The van der Waals surface area contributed by atoms with Crippen molar-refractivity contribution in [1.82, 2.24) is 15.0 Å². The molecule has 3 aromatic rings. The molecule has 8 nitrogen and oxygen atoms in total. The fourth-order valence-electron chi connectivity index (χ4n) is 2.43. The molecule has 0 bridgehead atoms. The van der Waals surface area contributed by atoms with E-state index in [1.54, 1.807) is 36.1 Å². The van der Waals surface area contributed by atoms with Gasteiger partial charge in [0.05, 0.1) is 10.6 Å². The standard InChI is InChI=1S/C18H20N4O4S2/c1-3-22(12-16-19-17(20-26-16)15-6-5-11-27-15)18(23)13-7-9-14(10-8-13)21-28(24,25)4-2/h5-11,21H,3-4,12H2,1-2H3. The van der Waals surface area contributed by atoms with Crippen LogP contribution in [0.4, 0.5) is 5.69 Å². The molecule has 1 aromatic carbocycles. The van der Waals surface area contributed by atoms with E-state index in [1.807, 2.05) is 24.4 Å². The van der Waals surface area contributed by atoms with E-state index in [0.29, 0.717) is 29.5 Å². The van der Waals surface area contributed by atoms with Crippen LogP contribution in [-0.2, 0) is 16.6 Å². The number of amides is 1. The highest BCUT2D eigenvalue weighted by molar-refractivity contribution is 7.92. The minimum absolute atomic E-state index is 0.0189. The van der Waals surface area contributed by atoms with E-state index in [4.69, 9.17) is 4.52 Å². The van der Waals surface area contributed by atoms with Crippen LogP contribution in [0, 0.1) is 0 Å². The van der Waals surface area contributed by atoms with Crippen molar-refractivity contribution in [2.45, 2.75) is 20.4 Å². The first kappa shape index (κ1) is 20.0. The van der Waals surface area contributed by atoms with Gasteiger partial charge in [-0.15, -0.1) is 11.3 Å². The minimum Gasteiger partial charge on any atom is -0.337 e. The van der Waals surface area contributed by atoms with Crippen molar-refractivity contribution in [3.05, 3.63) is 53.2 Å². The van der Waals surface area contributed by atoms with Crippen LogP contribution in [0.15, 0.2) is 46.3 Å². The summed E-state index contributed by atoms with van der Waals surface area (Å²) in [5.41, 5.74) is 0.859. The molecular weight excluding hydrogens is 400 g/mol. The zero-order chi connectivity index (χ0) is 20.1. The summed E-state index contributed by atoms with van der Waals surface area (Å²) in [6.07, 6.45) is 0. The zero-order valence-corrected chi connectivity index (χ0v) is 17.1. The number of nitrogens with one attached hydrogen (secondary N) is 1. The SMILES string of the molecule is CCN(Cc1nc(-c2cccs2)no1)C(=O)c1ccc(NS(=O)(=O)CC)cc1. The molecule has 1 N–H and O–H groups in total. The lowest BCUT2D eigenvalue weighted by Gasteiger charge is -2.19. The van der Waals surface area contributed by atoms with Gasteiger partial charge in [-0.05, 0) is 49.6 Å². The van der Waals surface area contributed by atoms with Crippen molar-refractivity contribution in [3.8, 4) is 10.7 Å². The van der Waals surface area contributed by atoms with Crippen LogP contribution >= 0.6 is 11.3 Å². The fraction of sp³-hybridized carbons (Fsp3) is 0.278. The molecule has 0 saturated heterocycles. The summed E-state index contributed by atoms with van der Waals surface area (Å²) in [5.74, 6) is 0.629. The molecule has 10 heteroatoms. The number of hydrogen-bond donors (Lipinski definition) is 1. The van der Waals surface area contributed by atoms with E-state index in [1.165, 1.54) is 11.3 Å². The summed E-state index contributed by atoms with van der Waals surface area (Å²) in [7, 11) is -3.36. The third-order valence-electron chi connectivity index (χ3n) is 3.99. The number of aromatic nitrogens is 2. The quantitative estimate of drug-likeness (QED) is 0.600. The largest absolute Gasteiger partial charge is 0.337 e. The Labute approximate surface area is 167 Å². The molecule has 28 heavy (non-hydrogen) atoms. The van der Waals surface area contributed by atoms with Crippen molar-refractivity contribution < 1.29 is 17.7 Å². The molecule has 0 aliphatic carbocycles. The van der Waals surface area contributed by atoms with Gasteiger partial charge >= 0.3 is 0 Å². The van der Waals surface area contributed by atoms with E-state index in [0.717, 1.165) is 4.88 Å². The van der Waals surface area contributed by atoms with Crippen LogP contribution in [0.25, 0.3) is 10.7 Å². The number of carbonyl (C=O) groups is 1. The lowest BCUT2D eigenvalue weighted by molar-refractivity contribution is 0.0734. The molecule has 2 aromatic heterocycles. The molecule has 1 amide bonds. The molecule has 0 spiro atoms. The van der Waals surface area contributed by atoms with Gasteiger partial charge in [-0.3, -0.25) is 9.52 Å². The van der Waals surface area contributed by atoms with E-state index in [-0.39, 0.29) is 18.2 Å². The molecule has 2 heterocycles. The number of benzene rings is 1. The Morgan fingerprint density at radius 3 is 2.57 bits per heavy atom. The predicted octanol–water partition coefficient (Wildman–Crippen LogP) is 3.22. The first-order valence-electron chi connectivity index (χ1n) is 8.68. The van der Waals surface area contributed by atoms with E-state index in [2.05, 4.69) is 14.9 Å². The van der Waals surface area contributed by atoms with Crippen molar-refractivity contribution in [2.24, 2.45) is 0 Å². The summed E-state index contributed by atoms with van der Waals surface area (Å²) in [6.45, 7) is 4.07. The number of carbonyl (C=O) groups excluding carboxylic acids is 1. The smallest absolute Gasteiger partial charge is 0.254 e. The molecule has 0 aliphatic rings. The first-order chi connectivity index (χ1) is 13.4. The second-order valence-corrected chi connectivity index (χ2v) is 8.85. The predicted molar refractivity (Wildman–Crippen MR) is 108 cm³/mol. The van der Waals surface area contributed by atoms with Gasteiger partial charge in [0.15, 0.2) is 0 Å². The molecule has 148 valence electrons. The third-order valence-corrected chi connectivity index (χ3v) is 6.16. The molecular formula is C18H20N4O4S2. The third kappa shape index (κ3) is 4.76. The Morgan fingerprint density at radius 2 is 1.96 bits per heavy atom. The zero-order valence-electron chi connectivity index (χ0n) is 15.5. The van der Waals surface area contributed by atoms with Crippen LogP contribution in [0.1, 0.15) is 30.1 Å². The topological polar surface area (TPSA) is 105 Å². The Bertz CT molecular complexity index is 1030. The Morgan fingerprint density at radius 1 is 1.21 bits per heavy atom. The van der Waals surface area contributed by atoms with Crippen LogP contribution in [0.3, 0.4) is 0 Å². The highest BCUT2D eigenvalue weighted by Crippen LogP contribution is 2.22. The van der Waals surface area contributed by atoms with Gasteiger partial charge in [0.1, 0.15) is 6.54 Å². The maximum atomic E-state index is 12.8. The van der Waals surface area contributed by atoms with Crippen molar-refractivity contribution >= 4 is 33.0 Å². The summed E-state index contributed by atoms with van der Waals surface area (Å²) in [6, 6.07) is 10.1. The summed E-state index contributed by atoms with van der Waals surface area (Å²) < 4.78 is 31.0. The van der Waals surface area contributed by atoms with Gasteiger partial charge in [-0.2, -0.15) is 4.98 Å². The van der Waals surface area contributed by atoms with Crippen LogP contribution in [-0.4, -0.2) is 41.7 Å². The van der Waals surface area contributed by atoms with Crippen molar-refractivity contribution in [1.29, 1.82) is 0 Å². The fourth-order valence-corrected chi connectivity index (χ4v) is 3.72. The summed E-state index contributed by atoms with van der Waals surface area (Å²) in [5, 5.41) is 5.88. The number of anilines is 1. The molecule has 3 rings (SSSR count). The molecule has 0 saturated carbocycles. The Hall–Kier alpha value is -2.72. The maximum Gasteiger partial charge on any atom is 0.254 e. The van der Waals surface area contributed by atoms with Gasteiger partial charge in [0.25, 0.3) is 5.91 Å². The van der Waals surface area contributed by atoms with Gasteiger partial charge in [-0.1, -0.05) is 11.2 Å². The molecule has 0 unspecified atom stereocenters. The molecule has 0 radical (unpaired) electrons. The molecule has 0 aliphatic heterocycles. The lowest BCUT2D eigenvalue weighted by Crippen LogP contribution is -2.30. The van der Waals surface area contributed by atoms with Gasteiger partial charge in [-0.25, -0.2) is 8.42 Å². The van der Waals surface area contributed by atoms with Crippen LogP contribution in [0.5, 0.6) is 0 Å². The minimum atomic E-state index is -3.36. The average Bonchev–Trinajstić information content (AvgIpc) is 3.37. The van der Waals surface area contributed by atoms with Gasteiger partial charge < -0.3 is 9.42 Å². The van der Waals surface area contributed by atoms with Gasteiger partial charge in [0.2, 0.25) is 21.7 Å². The number of sulfonamides is 1. The average molecular weight is 421 g/mol. The summed E-state index contributed by atoms with van der Waals surface area (Å²) in [4.78, 5) is 19.6. The Balaban J connectivity index is 1.69.